The summed E-state index contributed by atoms with van der Waals surface area (Å²) in [7, 11) is -3.72. The lowest BCUT2D eigenvalue weighted by Crippen LogP contribution is -2.48. The van der Waals surface area contributed by atoms with Gasteiger partial charge in [0.2, 0.25) is 15.9 Å². The zero-order valence-electron chi connectivity index (χ0n) is 11.9. The molecule has 1 amide bonds. The van der Waals surface area contributed by atoms with Crippen LogP contribution in [0.5, 0.6) is 0 Å². The fourth-order valence-corrected chi connectivity index (χ4v) is 4.09. The number of hydrogen-bond donors (Lipinski definition) is 2. The molecule has 4 N–H and O–H groups in total. The molecule has 7 nitrogen and oxygen atoms in total. The van der Waals surface area contributed by atoms with Gasteiger partial charge in [0, 0.05) is 18.7 Å². The fourth-order valence-electron chi connectivity index (χ4n) is 2.40. The van der Waals surface area contributed by atoms with Gasteiger partial charge in [0.1, 0.15) is 4.90 Å². The lowest BCUT2D eigenvalue weighted by atomic mass is 10.2. The Bertz CT molecular complexity index is 649. The minimum Gasteiger partial charge on any atom is -0.398 e. The summed E-state index contributed by atoms with van der Waals surface area (Å²) in [5, 5.41) is 0. The molecule has 0 spiro atoms. The summed E-state index contributed by atoms with van der Waals surface area (Å²) in [5.41, 5.74) is 11.1. The molecule has 0 unspecified atom stereocenters. The largest absolute Gasteiger partial charge is 0.398 e. The van der Waals surface area contributed by atoms with E-state index in [4.69, 9.17) is 16.2 Å². The molecule has 0 saturated carbocycles. The molecule has 1 aliphatic heterocycles. The molecule has 0 aliphatic carbocycles. The number of ether oxygens (including phenoxy) is 1. The second-order valence-corrected chi connectivity index (χ2v) is 7.10. The van der Waals surface area contributed by atoms with E-state index in [1.807, 2.05) is 13.8 Å². The van der Waals surface area contributed by atoms with Gasteiger partial charge in [0.05, 0.1) is 17.9 Å². The number of nitrogens with zero attached hydrogens (tertiary/aromatic N) is 1. The van der Waals surface area contributed by atoms with Crippen LogP contribution in [0.1, 0.15) is 24.2 Å². The van der Waals surface area contributed by atoms with Crippen molar-refractivity contribution in [1.82, 2.24) is 4.31 Å². The molecule has 1 aromatic carbocycles. The average Bonchev–Trinajstić information content (AvgIpc) is 2.36. The summed E-state index contributed by atoms with van der Waals surface area (Å²) >= 11 is 0. The number of amides is 1. The first-order valence-electron chi connectivity index (χ1n) is 6.56. The first-order valence-corrected chi connectivity index (χ1v) is 8.00. The third-order valence-electron chi connectivity index (χ3n) is 3.30. The molecule has 0 aromatic heterocycles. The Morgan fingerprint density at radius 3 is 2.33 bits per heavy atom. The summed E-state index contributed by atoms with van der Waals surface area (Å²) in [6, 6.07) is 3.96. The number of carbonyl (C=O) groups is 1. The fraction of sp³-hybridized carbons (Fsp3) is 0.462. The van der Waals surface area contributed by atoms with Gasteiger partial charge in [0.15, 0.2) is 0 Å². The highest BCUT2D eigenvalue weighted by molar-refractivity contribution is 7.89. The lowest BCUT2D eigenvalue weighted by molar-refractivity contribution is -0.0440. The van der Waals surface area contributed by atoms with Gasteiger partial charge < -0.3 is 16.2 Å². The van der Waals surface area contributed by atoms with Crippen LogP contribution >= 0.6 is 0 Å². The molecule has 0 bridgehead atoms. The first kappa shape index (κ1) is 15.7. The molecule has 1 fully saturated rings. The third-order valence-corrected chi connectivity index (χ3v) is 5.20. The van der Waals surface area contributed by atoms with E-state index in [2.05, 4.69) is 0 Å². The Labute approximate surface area is 123 Å². The number of rotatable bonds is 3. The maximum Gasteiger partial charge on any atom is 0.248 e. The minimum atomic E-state index is -3.72. The number of carbonyl (C=O) groups excluding carboxylic acids is 1. The number of nitrogen functional groups attached to an aromatic ring is 1. The molecule has 2 atom stereocenters. The van der Waals surface area contributed by atoms with E-state index >= 15 is 0 Å². The SMILES string of the molecule is C[C@@H]1CN(S(=O)(=O)c2ccc(C(N)=O)cc2N)C[C@H](C)O1. The van der Waals surface area contributed by atoms with Crippen molar-refractivity contribution in [1.29, 1.82) is 0 Å². The van der Waals surface area contributed by atoms with Crippen molar-refractivity contribution in [3.8, 4) is 0 Å². The molecule has 21 heavy (non-hydrogen) atoms. The molecule has 8 heteroatoms. The monoisotopic (exact) mass is 313 g/mol. The van der Waals surface area contributed by atoms with Crippen LogP contribution in [-0.2, 0) is 14.8 Å². The topological polar surface area (TPSA) is 116 Å². The maximum absolute atomic E-state index is 12.7. The second kappa shape index (κ2) is 5.63. The number of sulfonamides is 1. The highest BCUT2D eigenvalue weighted by Crippen LogP contribution is 2.26. The average molecular weight is 313 g/mol. The summed E-state index contributed by atoms with van der Waals surface area (Å²) in [4.78, 5) is 11.1. The van der Waals surface area contributed by atoms with Crippen molar-refractivity contribution in [3.63, 3.8) is 0 Å². The van der Waals surface area contributed by atoms with Crippen LogP contribution in [0.4, 0.5) is 5.69 Å². The Morgan fingerprint density at radius 1 is 1.29 bits per heavy atom. The molecule has 1 aliphatic rings. The van der Waals surface area contributed by atoms with Crippen molar-refractivity contribution in [2.24, 2.45) is 5.73 Å². The lowest BCUT2D eigenvalue weighted by Gasteiger charge is -2.34. The van der Waals surface area contributed by atoms with E-state index in [1.54, 1.807) is 0 Å². The number of hydrogen-bond acceptors (Lipinski definition) is 5. The van der Waals surface area contributed by atoms with Crippen LogP contribution in [0.25, 0.3) is 0 Å². The van der Waals surface area contributed by atoms with E-state index in [0.717, 1.165) is 0 Å². The van der Waals surface area contributed by atoms with Crippen LogP contribution in [0, 0.1) is 0 Å². The van der Waals surface area contributed by atoms with Crippen molar-refractivity contribution in [2.75, 3.05) is 18.8 Å². The van der Waals surface area contributed by atoms with E-state index in [1.165, 1.54) is 22.5 Å². The van der Waals surface area contributed by atoms with Crippen LogP contribution in [0.2, 0.25) is 0 Å². The predicted octanol–water partition coefficient (Wildman–Crippen LogP) is 0.166. The molecular weight excluding hydrogens is 294 g/mol. The van der Waals surface area contributed by atoms with Crippen molar-refractivity contribution < 1.29 is 17.9 Å². The molecule has 1 heterocycles. The second-order valence-electron chi connectivity index (χ2n) is 5.20. The molecule has 0 radical (unpaired) electrons. The summed E-state index contributed by atoms with van der Waals surface area (Å²) in [6.07, 6.45) is -0.371. The third kappa shape index (κ3) is 3.17. The van der Waals surface area contributed by atoms with Crippen LogP contribution in [0.3, 0.4) is 0 Å². The molecular formula is C13H19N3O4S. The van der Waals surface area contributed by atoms with Gasteiger partial charge in [-0.1, -0.05) is 0 Å². The highest BCUT2D eigenvalue weighted by Gasteiger charge is 2.33. The van der Waals surface area contributed by atoms with Gasteiger partial charge in [-0.3, -0.25) is 4.79 Å². The van der Waals surface area contributed by atoms with Crippen LogP contribution in [0.15, 0.2) is 23.1 Å². The van der Waals surface area contributed by atoms with Crippen LogP contribution < -0.4 is 11.5 Å². The summed E-state index contributed by atoms with van der Waals surface area (Å²) in [5.74, 6) is -0.653. The number of primary amides is 1. The van der Waals surface area contributed by atoms with E-state index in [9.17, 15) is 13.2 Å². The van der Waals surface area contributed by atoms with Crippen molar-refractivity contribution in [2.45, 2.75) is 31.0 Å². The number of morpholine rings is 1. The van der Waals surface area contributed by atoms with Gasteiger partial charge in [-0.25, -0.2) is 8.42 Å². The van der Waals surface area contributed by atoms with Gasteiger partial charge in [-0.2, -0.15) is 4.31 Å². The highest BCUT2D eigenvalue weighted by atomic mass is 32.2. The van der Waals surface area contributed by atoms with Gasteiger partial charge in [0.25, 0.3) is 0 Å². The van der Waals surface area contributed by atoms with Crippen molar-refractivity contribution >= 4 is 21.6 Å². The minimum absolute atomic E-state index is 0.0121. The zero-order valence-corrected chi connectivity index (χ0v) is 12.8. The molecule has 1 saturated heterocycles. The maximum atomic E-state index is 12.7. The summed E-state index contributed by atoms with van der Waals surface area (Å²) in [6.45, 7) is 4.17. The zero-order chi connectivity index (χ0) is 15.8. The Balaban J connectivity index is 2.37. The number of nitrogens with two attached hydrogens (primary N) is 2. The van der Waals surface area contributed by atoms with Gasteiger partial charge in [-0.15, -0.1) is 0 Å². The van der Waals surface area contributed by atoms with Gasteiger partial charge in [-0.05, 0) is 32.0 Å². The predicted molar refractivity (Wildman–Crippen MR) is 78.1 cm³/mol. The number of benzene rings is 1. The van der Waals surface area contributed by atoms with Crippen molar-refractivity contribution in [3.05, 3.63) is 23.8 Å². The Hall–Kier alpha value is -1.64. The Kier molecular flexibility index (Phi) is 4.22. The van der Waals surface area contributed by atoms with E-state index < -0.39 is 15.9 Å². The van der Waals surface area contributed by atoms with E-state index in [0.29, 0.717) is 0 Å². The van der Waals surface area contributed by atoms with Gasteiger partial charge >= 0.3 is 0 Å². The first-order chi connectivity index (χ1) is 9.71. The summed E-state index contributed by atoms with van der Waals surface area (Å²) < 4.78 is 32.2. The Morgan fingerprint density at radius 2 is 1.86 bits per heavy atom. The van der Waals surface area contributed by atoms with E-state index in [-0.39, 0.29) is 41.4 Å². The van der Waals surface area contributed by atoms with Crippen LogP contribution in [-0.4, -0.2) is 43.9 Å². The molecule has 116 valence electrons. The normalized spacial score (nSPS) is 23.9. The quantitative estimate of drug-likeness (QED) is 0.771. The smallest absolute Gasteiger partial charge is 0.248 e. The standard InChI is InChI=1S/C13H19N3O4S/c1-8-6-16(7-9(2)20-8)21(18,19)12-4-3-10(13(15)17)5-11(12)14/h3-5,8-9H,6-7,14H2,1-2H3,(H2,15,17)/t8-,9+. The number of anilines is 1. The molecule has 2 rings (SSSR count). The molecule has 1 aromatic rings.